The SMILES string of the molecule is O=C1Nc2ccc(OC(F)(F)F)cc2C1CC1CCCC1. The van der Waals surface area contributed by atoms with Crippen molar-refractivity contribution in [2.24, 2.45) is 5.92 Å². The lowest BCUT2D eigenvalue weighted by molar-refractivity contribution is -0.274. The molecule has 0 bridgehead atoms. The average Bonchev–Trinajstić information content (AvgIpc) is 2.98. The maximum atomic E-state index is 12.3. The largest absolute Gasteiger partial charge is 0.573 e. The molecule has 3 rings (SSSR count). The summed E-state index contributed by atoms with van der Waals surface area (Å²) in [5.41, 5.74) is 1.21. The Morgan fingerprint density at radius 3 is 2.62 bits per heavy atom. The number of rotatable bonds is 3. The van der Waals surface area contributed by atoms with E-state index in [0.29, 0.717) is 23.6 Å². The quantitative estimate of drug-likeness (QED) is 0.908. The smallest absolute Gasteiger partial charge is 0.406 e. The summed E-state index contributed by atoms with van der Waals surface area (Å²) in [6.45, 7) is 0. The van der Waals surface area contributed by atoms with E-state index in [4.69, 9.17) is 0 Å². The topological polar surface area (TPSA) is 38.3 Å². The number of alkyl halides is 3. The number of amides is 1. The first-order chi connectivity index (χ1) is 9.92. The van der Waals surface area contributed by atoms with Crippen LogP contribution in [0, 0.1) is 5.92 Å². The first kappa shape index (κ1) is 14.2. The number of carbonyl (C=O) groups is 1. The van der Waals surface area contributed by atoms with Crippen molar-refractivity contribution in [3.05, 3.63) is 23.8 Å². The number of hydrogen-bond acceptors (Lipinski definition) is 2. The molecule has 1 aliphatic carbocycles. The molecule has 1 aromatic carbocycles. The highest BCUT2D eigenvalue weighted by Gasteiger charge is 2.35. The zero-order valence-corrected chi connectivity index (χ0v) is 11.4. The Hall–Kier alpha value is -1.72. The van der Waals surface area contributed by atoms with Gasteiger partial charge < -0.3 is 10.1 Å². The first-order valence-electron chi connectivity index (χ1n) is 7.13. The van der Waals surface area contributed by atoms with Crippen LogP contribution in [0.25, 0.3) is 0 Å². The van der Waals surface area contributed by atoms with Gasteiger partial charge in [-0.2, -0.15) is 0 Å². The van der Waals surface area contributed by atoms with Crippen LogP contribution in [0.5, 0.6) is 5.75 Å². The van der Waals surface area contributed by atoms with Gasteiger partial charge in [-0.3, -0.25) is 4.79 Å². The minimum absolute atomic E-state index is 0.124. The van der Waals surface area contributed by atoms with Crippen molar-refractivity contribution in [1.29, 1.82) is 0 Å². The van der Waals surface area contributed by atoms with Gasteiger partial charge in [0.1, 0.15) is 5.75 Å². The molecule has 0 radical (unpaired) electrons. The van der Waals surface area contributed by atoms with Crippen molar-refractivity contribution in [3.63, 3.8) is 0 Å². The molecular formula is C15H16F3NO2. The standard InChI is InChI=1S/C15H16F3NO2/c16-15(17,18)21-10-5-6-13-11(8-10)12(14(20)19-13)7-9-3-1-2-4-9/h5-6,8-9,12H,1-4,7H2,(H,19,20). The van der Waals surface area contributed by atoms with Crippen LogP contribution >= 0.6 is 0 Å². The van der Waals surface area contributed by atoms with Crippen LogP contribution in [0.1, 0.15) is 43.6 Å². The van der Waals surface area contributed by atoms with Gasteiger partial charge in [0.25, 0.3) is 0 Å². The molecule has 1 unspecified atom stereocenters. The van der Waals surface area contributed by atoms with E-state index >= 15 is 0 Å². The van der Waals surface area contributed by atoms with Crippen LogP contribution < -0.4 is 10.1 Å². The normalized spacial score (nSPS) is 22.2. The fraction of sp³-hybridized carbons (Fsp3) is 0.533. The minimum atomic E-state index is -4.72. The molecule has 1 amide bonds. The fourth-order valence-corrected chi connectivity index (χ4v) is 3.31. The molecule has 0 spiro atoms. The number of halogens is 3. The molecular weight excluding hydrogens is 283 g/mol. The van der Waals surface area contributed by atoms with E-state index in [-0.39, 0.29) is 17.6 Å². The van der Waals surface area contributed by atoms with Crippen LogP contribution in [0.2, 0.25) is 0 Å². The predicted molar refractivity (Wildman–Crippen MR) is 71.1 cm³/mol. The van der Waals surface area contributed by atoms with Crippen molar-refractivity contribution < 1.29 is 22.7 Å². The maximum Gasteiger partial charge on any atom is 0.573 e. The van der Waals surface area contributed by atoms with E-state index in [0.717, 1.165) is 12.8 Å². The summed E-state index contributed by atoms with van der Waals surface area (Å²) >= 11 is 0. The van der Waals surface area contributed by atoms with Crippen molar-refractivity contribution in [2.45, 2.75) is 44.4 Å². The molecule has 1 atom stereocenters. The number of anilines is 1. The monoisotopic (exact) mass is 299 g/mol. The van der Waals surface area contributed by atoms with Crippen LogP contribution in [-0.4, -0.2) is 12.3 Å². The fourth-order valence-electron chi connectivity index (χ4n) is 3.31. The van der Waals surface area contributed by atoms with Crippen molar-refractivity contribution in [1.82, 2.24) is 0 Å². The molecule has 1 heterocycles. The Morgan fingerprint density at radius 1 is 1.24 bits per heavy atom. The summed E-state index contributed by atoms with van der Waals surface area (Å²) < 4.78 is 40.8. The Morgan fingerprint density at radius 2 is 1.95 bits per heavy atom. The average molecular weight is 299 g/mol. The Balaban J connectivity index is 1.82. The molecule has 21 heavy (non-hydrogen) atoms. The van der Waals surface area contributed by atoms with Crippen LogP contribution in [-0.2, 0) is 4.79 Å². The van der Waals surface area contributed by atoms with Crippen LogP contribution in [0.15, 0.2) is 18.2 Å². The second-order valence-corrected chi connectivity index (χ2v) is 5.72. The van der Waals surface area contributed by atoms with Gasteiger partial charge in [0.2, 0.25) is 5.91 Å². The number of ether oxygens (including phenoxy) is 1. The summed E-state index contributed by atoms with van der Waals surface area (Å²) in [6, 6.07) is 4.04. The molecule has 2 aliphatic rings. The summed E-state index contributed by atoms with van der Waals surface area (Å²) in [7, 11) is 0. The van der Waals surface area contributed by atoms with E-state index in [2.05, 4.69) is 10.1 Å². The maximum absolute atomic E-state index is 12.3. The molecule has 114 valence electrons. The third kappa shape index (κ3) is 3.14. The second-order valence-electron chi connectivity index (χ2n) is 5.72. The molecule has 3 nitrogen and oxygen atoms in total. The third-order valence-corrected chi connectivity index (χ3v) is 4.25. The molecule has 1 fully saturated rings. The molecule has 1 aromatic rings. The lowest BCUT2D eigenvalue weighted by Crippen LogP contribution is -2.17. The van der Waals surface area contributed by atoms with E-state index in [1.54, 1.807) is 0 Å². The number of hydrogen-bond donors (Lipinski definition) is 1. The summed E-state index contributed by atoms with van der Waals surface area (Å²) in [6.07, 6.45) is 0.515. The predicted octanol–water partition coefficient (Wildman–Crippen LogP) is 4.20. The highest BCUT2D eigenvalue weighted by molar-refractivity contribution is 6.03. The van der Waals surface area contributed by atoms with Gasteiger partial charge in [0.05, 0.1) is 5.92 Å². The van der Waals surface area contributed by atoms with E-state index in [9.17, 15) is 18.0 Å². The van der Waals surface area contributed by atoms with Gasteiger partial charge in [0.15, 0.2) is 0 Å². The van der Waals surface area contributed by atoms with Gasteiger partial charge in [-0.1, -0.05) is 25.7 Å². The molecule has 1 saturated carbocycles. The Kier molecular flexibility index (Phi) is 3.55. The van der Waals surface area contributed by atoms with Crippen molar-refractivity contribution >= 4 is 11.6 Å². The van der Waals surface area contributed by atoms with E-state index < -0.39 is 6.36 Å². The Bertz CT molecular complexity index is 550. The second kappa shape index (κ2) is 5.24. The van der Waals surface area contributed by atoms with Crippen molar-refractivity contribution in [2.75, 3.05) is 5.32 Å². The zero-order valence-electron chi connectivity index (χ0n) is 11.4. The van der Waals surface area contributed by atoms with Crippen molar-refractivity contribution in [3.8, 4) is 5.75 Å². The van der Waals surface area contributed by atoms with Gasteiger partial charge >= 0.3 is 6.36 Å². The lowest BCUT2D eigenvalue weighted by atomic mass is 9.89. The molecule has 6 heteroatoms. The summed E-state index contributed by atoms with van der Waals surface area (Å²) in [4.78, 5) is 12.0. The Labute approximate surface area is 120 Å². The highest BCUT2D eigenvalue weighted by atomic mass is 19.4. The third-order valence-electron chi connectivity index (χ3n) is 4.25. The summed E-state index contributed by atoms with van der Waals surface area (Å²) in [5, 5.41) is 2.74. The molecule has 1 aliphatic heterocycles. The molecule has 0 saturated heterocycles. The van der Waals surface area contributed by atoms with Gasteiger partial charge in [-0.25, -0.2) is 0 Å². The summed E-state index contributed by atoms with van der Waals surface area (Å²) in [5.74, 6) is -0.269. The van der Waals surface area contributed by atoms with Gasteiger partial charge in [0, 0.05) is 5.69 Å². The lowest BCUT2D eigenvalue weighted by Gasteiger charge is -2.15. The van der Waals surface area contributed by atoms with E-state index in [1.807, 2.05) is 0 Å². The van der Waals surface area contributed by atoms with Crippen LogP contribution in [0.3, 0.4) is 0 Å². The number of carbonyl (C=O) groups excluding carboxylic acids is 1. The highest BCUT2D eigenvalue weighted by Crippen LogP contribution is 2.42. The first-order valence-corrected chi connectivity index (χ1v) is 7.13. The van der Waals surface area contributed by atoms with Gasteiger partial charge in [-0.05, 0) is 36.1 Å². The number of nitrogens with one attached hydrogen (secondary N) is 1. The van der Waals surface area contributed by atoms with Gasteiger partial charge in [-0.15, -0.1) is 13.2 Å². The van der Waals surface area contributed by atoms with E-state index in [1.165, 1.54) is 31.0 Å². The molecule has 1 N–H and O–H groups in total. The number of benzene rings is 1. The molecule has 0 aromatic heterocycles. The number of fused-ring (bicyclic) bond motifs is 1. The van der Waals surface area contributed by atoms with Crippen LogP contribution in [0.4, 0.5) is 18.9 Å². The minimum Gasteiger partial charge on any atom is -0.406 e. The zero-order chi connectivity index (χ0) is 15.0.